The maximum atomic E-state index is 15.7. The van der Waals surface area contributed by atoms with Gasteiger partial charge in [-0.1, -0.05) is 128 Å². The molecule has 4 heterocycles. The average molecular weight is 1560 g/mol. The largest absolute Gasteiger partial charge is 0.481 e. The minimum atomic E-state index is -1.90. The molecule has 0 unspecified atom stereocenters. The number of aliphatic hydroxyl groups is 2. The third-order valence-electron chi connectivity index (χ3n) is 20.9. The van der Waals surface area contributed by atoms with Crippen molar-refractivity contribution in [1.29, 1.82) is 5.41 Å². The van der Waals surface area contributed by atoms with Crippen molar-refractivity contribution in [2.75, 3.05) is 32.1 Å². The first-order valence-corrected chi connectivity index (χ1v) is 39.9. The van der Waals surface area contributed by atoms with Crippen LogP contribution in [0.3, 0.4) is 0 Å². The van der Waals surface area contributed by atoms with E-state index >= 15 is 28.8 Å². The predicted octanol–water partition coefficient (Wildman–Crippen LogP) is -1.50. The van der Waals surface area contributed by atoms with Crippen molar-refractivity contribution in [3.8, 4) is 0 Å². The number of amides is 13. The van der Waals surface area contributed by atoms with E-state index in [2.05, 4.69) is 53.2 Å². The Balaban J connectivity index is 1.70. The number of aliphatic carboxylic acids is 2. The molecule has 13 amide bonds. The van der Waals surface area contributed by atoms with Gasteiger partial charge in [0.05, 0.1) is 31.5 Å². The van der Waals surface area contributed by atoms with Crippen LogP contribution in [-0.2, 0) is 71.9 Å². The zero-order valence-corrected chi connectivity index (χ0v) is 65.4. The second-order valence-corrected chi connectivity index (χ2v) is 33.0. The highest BCUT2D eigenvalue weighted by Crippen LogP contribution is 2.42. The van der Waals surface area contributed by atoms with Gasteiger partial charge in [-0.25, -0.2) is 4.79 Å². The number of carboxylic acids is 2. The summed E-state index contributed by atoms with van der Waals surface area (Å²) < 4.78 is -1.60. The number of carbonyl (C=O) groups is 15. The molecule has 0 bridgehead atoms. The Morgan fingerprint density at radius 1 is 0.685 bits per heavy atom. The van der Waals surface area contributed by atoms with Gasteiger partial charge in [-0.05, 0) is 102 Å². The molecule has 35 nitrogen and oxygen atoms in total. The van der Waals surface area contributed by atoms with Crippen LogP contribution in [0.15, 0.2) is 12.2 Å². The summed E-state index contributed by atoms with van der Waals surface area (Å²) in [5.74, 6) is -17.9. The van der Waals surface area contributed by atoms with Crippen molar-refractivity contribution in [3.63, 3.8) is 0 Å². The van der Waals surface area contributed by atoms with Gasteiger partial charge in [0.1, 0.15) is 78.5 Å². The summed E-state index contributed by atoms with van der Waals surface area (Å²) in [6.45, 7) is 15.9. The monoisotopic (exact) mass is 1560 g/mol. The predicted molar refractivity (Wildman–Crippen MR) is 400 cm³/mol. The van der Waals surface area contributed by atoms with Gasteiger partial charge in [0.25, 0.3) is 0 Å². The summed E-state index contributed by atoms with van der Waals surface area (Å²) in [6.07, 6.45) is 6.28. The van der Waals surface area contributed by atoms with Gasteiger partial charge < -0.3 is 99.8 Å². The quantitative estimate of drug-likeness (QED) is 0.0146. The van der Waals surface area contributed by atoms with Crippen LogP contribution in [0.4, 0.5) is 0 Å². The van der Waals surface area contributed by atoms with Gasteiger partial charge >= 0.3 is 11.9 Å². The second-order valence-electron chi connectivity index (χ2n) is 30.0. The summed E-state index contributed by atoms with van der Waals surface area (Å²) in [6, 6.07) is -21.5. The number of likely N-dealkylation sites (tertiary alicyclic amines) is 1. The van der Waals surface area contributed by atoms with Crippen LogP contribution in [0.2, 0.25) is 0 Å². The first-order chi connectivity index (χ1) is 50.9. The van der Waals surface area contributed by atoms with E-state index in [9.17, 15) is 63.6 Å². The molecule has 108 heavy (non-hydrogen) atoms. The first kappa shape index (κ1) is 90.5. The van der Waals surface area contributed by atoms with Gasteiger partial charge in [-0.2, -0.15) is 0 Å². The molecule has 5 rings (SSSR count). The maximum absolute atomic E-state index is 15.7. The fourth-order valence-corrected chi connectivity index (χ4v) is 16.8. The molecule has 1 saturated carbocycles. The van der Waals surface area contributed by atoms with E-state index in [1.54, 1.807) is 61.5 Å². The number of carbonyl (C=O) groups excluding carboxylic acids is 13. The van der Waals surface area contributed by atoms with Gasteiger partial charge in [0.15, 0.2) is 0 Å². The topological polar surface area (TPSA) is 543 Å². The number of aliphatic hydroxyl groups excluding tert-OH is 2. The van der Waals surface area contributed by atoms with E-state index in [0.29, 0.717) is 25.7 Å². The molecule has 606 valence electrons. The lowest BCUT2D eigenvalue weighted by atomic mass is 9.84. The molecule has 0 aromatic rings. The molecule has 4 aliphatic heterocycles. The minimum absolute atomic E-state index is 0.00768. The average Bonchev–Trinajstić information content (AvgIpc) is 1.61. The molecule has 19 N–H and O–H groups in total. The molecule has 5 aliphatic rings. The fourth-order valence-electron chi connectivity index (χ4n) is 13.9. The van der Waals surface area contributed by atoms with E-state index in [0.717, 1.165) is 32.9 Å². The fraction of sp³-hybridized carbons (Fsp3) is 0.746. The van der Waals surface area contributed by atoms with Crippen LogP contribution in [0.5, 0.6) is 0 Å². The Kier molecular flexibility index (Phi) is 35.3. The molecule has 4 fully saturated rings. The van der Waals surface area contributed by atoms with Crippen LogP contribution in [0.25, 0.3) is 0 Å². The number of nitrogens with two attached hydrogens (primary N) is 2. The lowest BCUT2D eigenvalue weighted by molar-refractivity contribution is -0.149. The number of hydrogen-bond donors (Lipinski definition) is 17. The SMILES string of the molecule is CC[C@H](C)[C@H](NC(=O)[C@H](C)N)C(=O)N[C@H]1CSSC(C)(C)[C@@H](C(=O)N[C@H](C(=O)N2CCC[C@H]2C(=O)N[C@@H](CC(=O)O)C(=O)O)[C@@H](C)CC)NC(=O)[C@H]([C@@H](C)CC)NC(=O)[C@@H]2C[C@@H]3CCCC[C@@H]3N2C(=O)[C@@H]2C=CCN2C(=O)[C@H](CC(C)C)NC(=O)[C@H](CO)NC(=O)[C@H](CCCCC(=N)N)NC(=O)[C@H](CO)NC1=O. The van der Waals surface area contributed by atoms with E-state index in [1.165, 1.54) is 36.6 Å². The van der Waals surface area contributed by atoms with Crippen molar-refractivity contribution >= 4 is 116 Å². The van der Waals surface area contributed by atoms with E-state index in [1.807, 2.05) is 0 Å². The van der Waals surface area contributed by atoms with Crippen molar-refractivity contribution in [3.05, 3.63) is 12.2 Å². The second kappa shape index (κ2) is 42.1. The van der Waals surface area contributed by atoms with Gasteiger partial charge in [-0.3, -0.25) is 72.5 Å². The van der Waals surface area contributed by atoms with E-state index < -0.39 is 227 Å². The standard InChI is InChI=1S/C71H116N16O19S2/c1-12-36(6)53(81-57(92)39(9)72)64(99)80-46-34-107-108-71(10,11)56(66(101)83-55(38(8)14-3)69(104)85-27-19-24-48(85)62(97)77-43(70(105)106)31-52(90)91)84-65(100)54(37(7)13-2)82-63(98)50-30-40-21-15-17-23-47(40)87(50)68(103)49-25-20-28-86(49)67(102)42(29-35(4)5)76-60(95)45(33-89)78-58(93)41(22-16-18-26-51(73)74)75-59(94)44(32-88)79-61(46)96/h20,25,35-50,53-56,88-89H,12-19,21-24,26-34,72H2,1-11H3,(H3,73,74)(H,75,94)(H,76,95)(H,77,97)(H,78,93)(H,79,96)(H,80,99)(H,81,92)(H,82,98)(H,83,101)(H,84,100)(H,90,91)(H,105,106)/t36-,37-,38-,39-,40-,41-,42-,43-,44-,45-,46-,47-,48-,49-,50-,53-,54-,55-,56+/m0/s1. The summed E-state index contributed by atoms with van der Waals surface area (Å²) >= 11 is 0. The van der Waals surface area contributed by atoms with E-state index in [-0.39, 0.29) is 95.0 Å². The summed E-state index contributed by atoms with van der Waals surface area (Å²) in [4.78, 5) is 220. The van der Waals surface area contributed by atoms with Gasteiger partial charge in [0.2, 0.25) is 76.8 Å². The molecule has 3 saturated heterocycles. The number of nitrogens with zero attached hydrogens (tertiary/aromatic N) is 3. The van der Waals surface area contributed by atoms with E-state index in [4.69, 9.17) is 16.9 Å². The highest BCUT2D eigenvalue weighted by molar-refractivity contribution is 8.77. The Hall–Kier alpha value is -8.16. The van der Waals surface area contributed by atoms with Crippen molar-refractivity contribution in [1.82, 2.24) is 67.9 Å². The van der Waals surface area contributed by atoms with Crippen molar-refractivity contribution in [2.24, 2.45) is 41.1 Å². The number of carboxylic acid groups (broad SMARTS) is 2. The smallest absolute Gasteiger partial charge is 0.326 e. The lowest BCUT2D eigenvalue weighted by Crippen LogP contribution is -2.64. The number of rotatable bonds is 27. The minimum Gasteiger partial charge on any atom is -0.481 e. The highest BCUT2D eigenvalue weighted by Gasteiger charge is 2.52. The molecule has 1 aliphatic carbocycles. The molecule has 0 spiro atoms. The molecular weight excluding hydrogens is 1450 g/mol. The third-order valence-corrected chi connectivity index (χ3v) is 24.2. The first-order valence-electron chi connectivity index (χ1n) is 37.6. The van der Waals surface area contributed by atoms with Crippen LogP contribution in [0.1, 0.15) is 179 Å². The third kappa shape index (κ3) is 24.7. The molecule has 0 aromatic heterocycles. The Morgan fingerprint density at radius 3 is 1.87 bits per heavy atom. The van der Waals surface area contributed by atoms with Crippen molar-refractivity contribution in [2.45, 2.75) is 274 Å². The number of amidine groups is 1. The number of unbranched alkanes of at least 4 members (excludes halogenated alkanes) is 1. The van der Waals surface area contributed by atoms with Crippen LogP contribution in [0, 0.1) is 35.0 Å². The Bertz CT molecular complexity index is 3290. The normalized spacial score (nSPS) is 27.8. The molecule has 0 aromatic carbocycles. The molecular formula is C71H116N16O19S2. The van der Waals surface area contributed by atoms with Crippen LogP contribution in [-0.4, -0.2) is 257 Å². The number of nitrogens with one attached hydrogen (secondary N) is 11. The summed E-state index contributed by atoms with van der Waals surface area (Å²) in [7, 11) is 1.75. The number of hydrogen-bond acceptors (Lipinski definition) is 21. The Labute approximate surface area is 638 Å². The number of fused-ring (bicyclic) bond motifs is 4. The summed E-state index contributed by atoms with van der Waals surface area (Å²) in [5.41, 5.74) is 11.5. The van der Waals surface area contributed by atoms with Crippen LogP contribution >= 0.6 is 21.6 Å². The van der Waals surface area contributed by atoms with Gasteiger partial charge in [-0.15, -0.1) is 0 Å². The lowest BCUT2D eigenvalue weighted by Gasteiger charge is -2.38. The van der Waals surface area contributed by atoms with Crippen LogP contribution < -0.4 is 64.6 Å². The molecule has 37 heteroatoms. The molecule has 0 radical (unpaired) electrons. The highest BCUT2D eigenvalue weighted by atomic mass is 33.1. The van der Waals surface area contributed by atoms with Gasteiger partial charge in [0, 0.05) is 36.1 Å². The maximum Gasteiger partial charge on any atom is 0.326 e. The zero-order chi connectivity index (χ0) is 80.8. The molecule has 19 atom stereocenters. The Morgan fingerprint density at radius 2 is 1.29 bits per heavy atom. The summed E-state index contributed by atoms with van der Waals surface area (Å²) in [5, 5.41) is 74.8. The zero-order valence-electron chi connectivity index (χ0n) is 63.8. The van der Waals surface area contributed by atoms with Crippen molar-refractivity contribution < 1.29 is 92.3 Å².